The van der Waals surface area contributed by atoms with Crippen LogP contribution in [0.15, 0.2) is 30.3 Å². The number of piperazine rings is 1. The molecule has 0 radical (unpaired) electrons. The molecule has 10 nitrogen and oxygen atoms in total. The third kappa shape index (κ3) is 7.94. The van der Waals surface area contributed by atoms with E-state index < -0.39 is 53.4 Å². The Morgan fingerprint density at radius 3 is 2.35 bits per heavy atom. The number of amides is 4. The number of carbonyl (C=O) groups is 4. The van der Waals surface area contributed by atoms with Gasteiger partial charge in [-0.05, 0) is 23.8 Å². The van der Waals surface area contributed by atoms with Crippen molar-refractivity contribution in [3.8, 4) is 6.07 Å². The summed E-state index contributed by atoms with van der Waals surface area (Å²) in [7, 11) is 0. The van der Waals surface area contributed by atoms with E-state index in [0.717, 1.165) is 5.56 Å². The number of halogens is 3. The molecule has 2 fully saturated rings. The average molecular weight is 565 g/mol. The summed E-state index contributed by atoms with van der Waals surface area (Å²) >= 11 is 0. The van der Waals surface area contributed by atoms with Crippen molar-refractivity contribution in [2.24, 2.45) is 11.3 Å². The molecule has 0 saturated carbocycles. The normalized spacial score (nSPS) is 21.6. The largest absolute Gasteiger partial charge is 0.471 e. The number of nitrogens with one attached hydrogen (secondary N) is 3. The third-order valence-electron chi connectivity index (χ3n) is 7.10. The standard InChI is InChI=1S/C27H35F3N6O4/c1-26(2,3)21(34-25(40)27(28,29)30)24(39)36-12-11-35(15-17-7-5-4-6-8-17)16-20(36)23(38)33-19(14-31)13-18-9-10-32-22(18)37/h4-8,18-21H,9-13,15-16H2,1-3H3,(H,32,37)(H,33,38)(H,34,40)/t18-,19+,20+,21+/m0/s1. The number of hydrogen-bond donors (Lipinski definition) is 3. The molecule has 0 spiro atoms. The van der Waals surface area contributed by atoms with Crippen LogP contribution < -0.4 is 16.0 Å². The predicted molar refractivity (Wildman–Crippen MR) is 138 cm³/mol. The Balaban J connectivity index is 1.84. The minimum absolute atomic E-state index is 0.0144. The van der Waals surface area contributed by atoms with E-state index in [9.17, 15) is 37.6 Å². The number of nitriles is 1. The molecule has 0 bridgehead atoms. The summed E-state index contributed by atoms with van der Waals surface area (Å²) in [4.78, 5) is 54.1. The Morgan fingerprint density at radius 1 is 1.12 bits per heavy atom. The molecule has 0 unspecified atom stereocenters. The van der Waals surface area contributed by atoms with Crippen LogP contribution in [0.1, 0.15) is 39.2 Å². The van der Waals surface area contributed by atoms with Gasteiger partial charge >= 0.3 is 12.1 Å². The summed E-state index contributed by atoms with van der Waals surface area (Å²) in [5.41, 5.74) is -0.140. The Morgan fingerprint density at radius 2 is 1.80 bits per heavy atom. The molecule has 4 amide bonds. The summed E-state index contributed by atoms with van der Waals surface area (Å²) in [6.45, 7) is 5.90. The summed E-state index contributed by atoms with van der Waals surface area (Å²) in [6.07, 6.45) is -4.58. The number of hydrogen-bond acceptors (Lipinski definition) is 6. The lowest BCUT2D eigenvalue weighted by atomic mass is 9.85. The third-order valence-corrected chi connectivity index (χ3v) is 7.10. The van der Waals surface area contributed by atoms with Gasteiger partial charge in [-0.3, -0.25) is 24.1 Å². The summed E-state index contributed by atoms with van der Waals surface area (Å²) in [5, 5.41) is 16.8. The second kappa shape index (κ2) is 12.7. The van der Waals surface area contributed by atoms with Crippen LogP contribution >= 0.6 is 0 Å². The minimum Gasteiger partial charge on any atom is -0.356 e. The number of alkyl halides is 3. The summed E-state index contributed by atoms with van der Waals surface area (Å²) in [5.74, 6) is -4.37. The fraction of sp³-hybridized carbons (Fsp3) is 0.593. The lowest BCUT2D eigenvalue weighted by Gasteiger charge is -2.44. The van der Waals surface area contributed by atoms with Crippen molar-refractivity contribution in [2.75, 3.05) is 26.2 Å². The van der Waals surface area contributed by atoms with Crippen LogP contribution in [0.2, 0.25) is 0 Å². The lowest BCUT2D eigenvalue weighted by Crippen LogP contribution is -2.66. The molecule has 2 aliphatic heterocycles. The first-order valence-corrected chi connectivity index (χ1v) is 13.1. The zero-order valence-electron chi connectivity index (χ0n) is 22.8. The van der Waals surface area contributed by atoms with Crippen molar-refractivity contribution in [1.29, 1.82) is 5.26 Å². The Hall–Kier alpha value is -3.66. The van der Waals surface area contributed by atoms with E-state index >= 15 is 0 Å². The van der Waals surface area contributed by atoms with Gasteiger partial charge in [0.05, 0.1) is 6.07 Å². The Bertz CT molecular complexity index is 1130. The van der Waals surface area contributed by atoms with Gasteiger partial charge in [-0.2, -0.15) is 18.4 Å². The molecule has 4 atom stereocenters. The van der Waals surface area contributed by atoms with Gasteiger partial charge in [0.25, 0.3) is 0 Å². The van der Waals surface area contributed by atoms with Crippen molar-refractivity contribution in [3.63, 3.8) is 0 Å². The second-order valence-electron chi connectivity index (χ2n) is 11.2. The Kier molecular flexibility index (Phi) is 9.78. The Labute approximate surface area is 231 Å². The molecule has 3 rings (SSSR count). The van der Waals surface area contributed by atoms with Gasteiger partial charge in [0, 0.05) is 38.6 Å². The molecule has 0 aliphatic carbocycles. The van der Waals surface area contributed by atoms with Crippen molar-refractivity contribution >= 4 is 23.6 Å². The van der Waals surface area contributed by atoms with Gasteiger partial charge in [0.1, 0.15) is 18.1 Å². The zero-order valence-corrected chi connectivity index (χ0v) is 22.8. The average Bonchev–Trinajstić information content (AvgIpc) is 3.29. The zero-order chi connectivity index (χ0) is 29.7. The first kappa shape index (κ1) is 30.9. The summed E-state index contributed by atoms with van der Waals surface area (Å²) in [6, 6.07) is 7.70. The smallest absolute Gasteiger partial charge is 0.356 e. The molecule has 2 heterocycles. The van der Waals surface area contributed by atoms with Crippen LogP contribution in [0.5, 0.6) is 0 Å². The van der Waals surface area contributed by atoms with Crippen molar-refractivity contribution < 1.29 is 32.3 Å². The molecule has 40 heavy (non-hydrogen) atoms. The SMILES string of the molecule is CC(C)(C)[C@H](NC(=O)C(F)(F)F)C(=O)N1CCN(Cc2ccccc2)C[C@@H]1C(=O)N[C@@H](C#N)C[C@@H]1CCNC1=O. The van der Waals surface area contributed by atoms with E-state index in [0.29, 0.717) is 26.1 Å². The first-order valence-electron chi connectivity index (χ1n) is 13.1. The number of benzene rings is 1. The topological polar surface area (TPSA) is 135 Å². The van der Waals surface area contributed by atoms with Crippen LogP contribution in [0, 0.1) is 22.7 Å². The van der Waals surface area contributed by atoms with E-state index in [1.54, 1.807) is 0 Å². The first-order chi connectivity index (χ1) is 18.7. The maximum atomic E-state index is 13.7. The lowest BCUT2D eigenvalue weighted by molar-refractivity contribution is -0.176. The number of rotatable bonds is 8. The fourth-order valence-corrected chi connectivity index (χ4v) is 4.91. The number of nitrogens with zero attached hydrogens (tertiary/aromatic N) is 3. The van der Waals surface area contributed by atoms with Crippen LogP contribution in [-0.2, 0) is 25.7 Å². The highest BCUT2D eigenvalue weighted by atomic mass is 19.4. The predicted octanol–water partition coefficient (Wildman–Crippen LogP) is 1.33. The molecular weight excluding hydrogens is 529 g/mol. The molecule has 0 aromatic heterocycles. The van der Waals surface area contributed by atoms with Gasteiger partial charge in [-0.15, -0.1) is 0 Å². The molecule has 2 saturated heterocycles. The van der Waals surface area contributed by atoms with Crippen molar-refractivity contribution in [3.05, 3.63) is 35.9 Å². The van der Waals surface area contributed by atoms with Crippen LogP contribution in [0.25, 0.3) is 0 Å². The van der Waals surface area contributed by atoms with E-state index in [2.05, 4.69) is 10.6 Å². The molecule has 1 aromatic rings. The van der Waals surface area contributed by atoms with Crippen LogP contribution in [0.3, 0.4) is 0 Å². The van der Waals surface area contributed by atoms with E-state index in [-0.39, 0.29) is 25.4 Å². The molecule has 2 aliphatic rings. The number of carbonyl (C=O) groups excluding carboxylic acids is 4. The van der Waals surface area contributed by atoms with E-state index in [1.807, 2.05) is 46.6 Å². The molecule has 1 aromatic carbocycles. The molecule has 218 valence electrons. The quantitative estimate of drug-likeness (QED) is 0.436. The van der Waals surface area contributed by atoms with Gasteiger partial charge < -0.3 is 20.9 Å². The summed E-state index contributed by atoms with van der Waals surface area (Å²) < 4.78 is 39.2. The maximum absolute atomic E-state index is 13.7. The maximum Gasteiger partial charge on any atom is 0.471 e. The highest BCUT2D eigenvalue weighted by Crippen LogP contribution is 2.26. The van der Waals surface area contributed by atoms with Gasteiger partial charge in [0.2, 0.25) is 17.7 Å². The van der Waals surface area contributed by atoms with Gasteiger partial charge in [-0.25, -0.2) is 0 Å². The van der Waals surface area contributed by atoms with E-state index in [4.69, 9.17) is 0 Å². The van der Waals surface area contributed by atoms with Crippen LogP contribution in [0.4, 0.5) is 13.2 Å². The minimum atomic E-state index is -5.19. The van der Waals surface area contributed by atoms with Crippen molar-refractivity contribution in [1.82, 2.24) is 25.8 Å². The molecular formula is C27H35F3N6O4. The van der Waals surface area contributed by atoms with Gasteiger partial charge in [0.15, 0.2) is 0 Å². The molecule has 3 N–H and O–H groups in total. The van der Waals surface area contributed by atoms with Gasteiger partial charge in [-0.1, -0.05) is 51.1 Å². The second-order valence-corrected chi connectivity index (χ2v) is 11.2. The van der Waals surface area contributed by atoms with Crippen molar-refractivity contribution in [2.45, 2.75) is 64.5 Å². The molecule has 13 heteroatoms. The highest BCUT2D eigenvalue weighted by molar-refractivity contribution is 5.94. The monoisotopic (exact) mass is 564 g/mol. The highest BCUT2D eigenvalue weighted by Gasteiger charge is 2.47. The fourth-order valence-electron chi connectivity index (χ4n) is 4.91. The van der Waals surface area contributed by atoms with E-state index in [1.165, 1.54) is 25.7 Å². The van der Waals surface area contributed by atoms with Crippen LogP contribution in [-0.4, -0.2) is 83.9 Å².